The normalized spacial score (nSPS) is 13.5. The van der Waals surface area contributed by atoms with Crippen molar-refractivity contribution in [3.05, 3.63) is 53.1 Å². The van der Waals surface area contributed by atoms with Crippen molar-refractivity contribution in [1.82, 2.24) is 5.32 Å². The number of hydrogen-bond acceptors (Lipinski definition) is 3. The largest absolute Gasteiger partial charge is 0.360 e. The van der Waals surface area contributed by atoms with E-state index in [-0.39, 0.29) is 11.3 Å². The molecule has 150 valence electrons. The number of aryl methyl sites for hydroxylation is 1. The number of anilines is 1. The fourth-order valence-electron chi connectivity index (χ4n) is 2.57. The monoisotopic (exact) mass is 438 g/mol. The van der Waals surface area contributed by atoms with Crippen LogP contribution in [0.25, 0.3) is 12.2 Å². The molecule has 0 aliphatic heterocycles. The van der Waals surface area contributed by atoms with E-state index in [4.69, 9.17) is 12.2 Å². The fourth-order valence-corrected chi connectivity index (χ4v) is 4.39. The van der Waals surface area contributed by atoms with Crippen molar-refractivity contribution in [2.45, 2.75) is 26.8 Å². The summed E-state index contributed by atoms with van der Waals surface area (Å²) >= 11 is 5.20. The van der Waals surface area contributed by atoms with Gasteiger partial charge >= 0.3 is 0 Å². The molecule has 2 atom stereocenters. The minimum absolute atomic E-state index is 0.168. The lowest BCUT2D eigenvalue weighted by molar-refractivity contribution is 0.512. The van der Waals surface area contributed by atoms with Crippen molar-refractivity contribution in [3.8, 4) is 0 Å². The minimum Gasteiger partial charge on any atom is -0.360 e. The van der Waals surface area contributed by atoms with Crippen molar-refractivity contribution in [1.29, 1.82) is 0 Å². The summed E-state index contributed by atoms with van der Waals surface area (Å²) in [6.45, 7) is 5.77. The van der Waals surface area contributed by atoms with E-state index in [2.05, 4.69) is 10.6 Å². The third kappa shape index (κ3) is 6.40. The Hall–Kier alpha value is -1.75. The van der Waals surface area contributed by atoms with Crippen LogP contribution >= 0.6 is 28.3 Å². The number of thiocarbonyl (C=S) groups is 1. The third-order valence-corrected chi connectivity index (χ3v) is 5.85. The van der Waals surface area contributed by atoms with E-state index < -0.39 is 16.1 Å². The molecule has 28 heavy (non-hydrogen) atoms. The zero-order chi connectivity index (χ0) is 20.8. The zero-order valence-corrected chi connectivity index (χ0v) is 18.6. The summed E-state index contributed by atoms with van der Waals surface area (Å²) in [7, 11) is -5.83. The summed E-state index contributed by atoms with van der Waals surface area (Å²) in [5.41, 5.74) is 2.66. The summed E-state index contributed by atoms with van der Waals surface area (Å²) < 4.78 is 23.5. The highest BCUT2D eigenvalue weighted by atomic mass is 32.1. The van der Waals surface area contributed by atoms with Gasteiger partial charge in [0.25, 0.3) is 0 Å². The SMILES string of the molecule is Cc1ccc(/C=C/c2ccc(NC(=S)NC(C)C)cc2[PH](=O)O)c([PH](=O)O)c1. The lowest BCUT2D eigenvalue weighted by atomic mass is 10.1. The standard InChI is InChI=1S/C19H24N2O4P2S/c1-12(2)20-19(28)21-16-9-8-15(18(11-16)27(24)25)7-6-14-5-4-13(3)10-17(14)26(22)23/h4-12,26-27H,1-3H3,(H,22,23)(H,24,25)(H2,20,21,28)/b7-6+. The van der Waals surface area contributed by atoms with Gasteiger partial charge in [0.05, 0.1) is 0 Å². The van der Waals surface area contributed by atoms with Crippen molar-refractivity contribution >= 4 is 61.8 Å². The van der Waals surface area contributed by atoms with Crippen molar-refractivity contribution in [3.63, 3.8) is 0 Å². The fraction of sp³-hybridized carbons (Fsp3) is 0.211. The number of benzene rings is 2. The highest BCUT2D eigenvalue weighted by Crippen LogP contribution is 2.23. The van der Waals surface area contributed by atoms with Crippen molar-refractivity contribution < 1.29 is 18.9 Å². The molecule has 0 amide bonds. The molecule has 9 heteroatoms. The molecule has 4 N–H and O–H groups in total. The Bertz CT molecular complexity index is 961. The zero-order valence-electron chi connectivity index (χ0n) is 15.8. The van der Waals surface area contributed by atoms with E-state index in [1.165, 1.54) is 0 Å². The van der Waals surface area contributed by atoms with Crippen molar-refractivity contribution in [2.75, 3.05) is 5.32 Å². The molecule has 0 bridgehead atoms. The molecule has 0 heterocycles. The van der Waals surface area contributed by atoms with E-state index in [9.17, 15) is 18.9 Å². The Morgan fingerprint density at radius 1 is 1.00 bits per heavy atom. The highest BCUT2D eigenvalue weighted by Gasteiger charge is 2.10. The molecule has 0 aliphatic carbocycles. The van der Waals surface area contributed by atoms with Crippen LogP contribution < -0.4 is 21.2 Å². The molecule has 0 radical (unpaired) electrons. The molecule has 2 rings (SSSR count). The Labute approximate surface area is 171 Å². The van der Waals surface area contributed by atoms with E-state index >= 15 is 0 Å². The molecule has 0 saturated carbocycles. The van der Waals surface area contributed by atoms with Gasteiger partial charge in [0, 0.05) is 22.3 Å². The van der Waals surface area contributed by atoms with Gasteiger partial charge in [-0.05, 0) is 62.3 Å². The lowest BCUT2D eigenvalue weighted by Gasteiger charge is -2.14. The van der Waals surface area contributed by atoms with Gasteiger partial charge in [-0.3, -0.25) is 9.13 Å². The topological polar surface area (TPSA) is 98.7 Å². The predicted molar refractivity (Wildman–Crippen MR) is 123 cm³/mol. The summed E-state index contributed by atoms with van der Waals surface area (Å²) in [5.74, 6) is 0. The number of hydrogen-bond donors (Lipinski definition) is 4. The summed E-state index contributed by atoms with van der Waals surface area (Å²) in [6.07, 6.45) is 3.34. The first kappa shape index (κ1) is 22.5. The van der Waals surface area contributed by atoms with E-state index in [1.807, 2.05) is 26.8 Å². The Balaban J connectivity index is 2.34. The molecule has 0 saturated heterocycles. The number of nitrogens with one attached hydrogen (secondary N) is 2. The molecule has 2 unspecified atom stereocenters. The predicted octanol–water partition coefficient (Wildman–Crippen LogP) is 3.04. The average Bonchev–Trinajstić information content (AvgIpc) is 2.60. The molecule has 0 fully saturated rings. The smallest absolute Gasteiger partial charge is 0.218 e. The maximum Gasteiger partial charge on any atom is 0.218 e. The molecular formula is C19H24N2O4P2S. The second-order valence-electron chi connectivity index (χ2n) is 6.59. The first-order valence-electron chi connectivity index (χ1n) is 8.64. The Morgan fingerprint density at radius 2 is 1.54 bits per heavy atom. The first-order valence-corrected chi connectivity index (χ1v) is 11.8. The van der Waals surface area contributed by atoms with Crippen LogP contribution in [0, 0.1) is 6.92 Å². The van der Waals surface area contributed by atoms with E-state index in [1.54, 1.807) is 42.5 Å². The van der Waals surface area contributed by atoms with Gasteiger partial charge in [-0.25, -0.2) is 0 Å². The van der Waals surface area contributed by atoms with Crippen LogP contribution in [-0.2, 0) is 9.13 Å². The summed E-state index contributed by atoms with van der Waals surface area (Å²) in [4.78, 5) is 19.3. The van der Waals surface area contributed by atoms with Gasteiger partial charge in [-0.1, -0.05) is 35.9 Å². The van der Waals surface area contributed by atoms with Crippen LogP contribution in [0.15, 0.2) is 36.4 Å². The molecule has 2 aromatic carbocycles. The van der Waals surface area contributed by atoms with Gasteiger partial charge in [-0.15, -0.1) is 0 Å². The Morgan fingerprint density at radius 3 is 2.07 bits per heavy atom. The molecule has 6 nitrogen and oxygen atoms in total. The van der Waals surface area contributed by atoms with Gasteiger partial charge < -0.3 is 20.4 Å². The van der Waals surface area contributed by atoms with Crippen LogP contribution in [0.2, 0.25) is 0 Å². The molecule has 0 aliphatic rings. The third-order valence-electron chi connectivity index (χ3n) is 3.84. The van der Waals surface area contributed by atoms with Crippen LogP contribution in [0.5, 0.6) is 0 Å². The second kappa shape index (κ2) is 10.1. The maximum absolute atomic E-state index is 11.9. The van der Waals surface area contributed by atoms with Crippen molar-refractivity contribution in [2.24, 2.45) is 0 Å². The van der Waals surface area contributed by atoms with Gasteiger partial charge in [-0.2, -0.15) is 0 Å². The van der Waals surface area contributed by atoms with Crippen LogP contribution in [-0.4, -0.2) is 20.9 Å². The van der Waals surface area contributed by atoms with Crippen LogP contribution in [0.4, 0.5) is 5.69 Å². The molecule has 0 aromatic heterocycles. The summed E-state index contributed by atoms with van der Waals surface area (Å²) in [6, 6.07) is 10.5. The maximum atomic E-state index is 11.9. The molecule has 0 spiro atoms. The summed E-state index contributed by atoms with van der Waals surface area (Å²) in [5, 5.41) is 7.11. The van der Waals surface area contributed by atoms with Gasteiger partial charge in [0.2, 0.25) is 16.1 Å². The second-order valence-corrected chi connectivity index (χ2v) is 9.30. The molecular weight excluding hydrogens is 414 g/mol. The average molecular weight is 438 g/mol. The van der Waals surface area contributed by atoms with Crippen LogP contribution in [0.1, 0.15) is 30.5 Å². The van der Waals surface area contributed by atoms with Gasteiger partial charge in [0.1, 0.15) is 0 Å². The van der Waals surface area contributed by atoms with Gasteiger partial charge in [0.15, 0.2) is 5.11 Å². The lowest BCUT2D eigenvalue weighted by Crippen LogP contribution is -2.34. The molecule has 2 aromatic rings. The quantitative estimate of drug-likeness (QED) is 0.313. The van der Waals surface area contributed by atoms with E-state index in [0.717, 1.165) is 5.56 Å². The Kier molecular flexibility index (Phi) is 8.17. The number of rotatable bonds is 6. The van der Waals surface area contributed by atoms with Crippen LogP contribution in [0.3, 0.4) is 0 Å². The first-order chi connectivity index (χ1) is 13.2. The minimum atomic E-state index is -2.97. The highest BCUT2D eigenvalue weighted by molar-refractivity contribution is 7.80. The van der Waals surface area contributed by atoms with E-state index in [0.29, 0.717) is 27.2 Å².